The average molecular weight is 595 g/mol. The van der Waals surface area contributed by atoms with Crippen molar-refractivity contribution >= 4 is 39.7 Å². The molecule has 0 unspecified atom stereocenters. The lowest BCUT2D eigenvalue weighted by atomic mass is 10.1. The number of nitrogens with zero attached hydrogens (tertiary/aromatic N) is 6. The predicted molar refractivity (Wildman–Crippen MR) is 167 cm³/mol. The summed E-state index contributed by atoms with van der Waals surface area (Å²) in [4.78, 5) is 22.2. The summed E-state index contributed by atoms with van der Waals surface area (Å²) in [7, 11) is 0. The number of hydrogen-bond donors (Lipinski definition) is 0. The Morgan fingerprint density at radius 1 is 0.884 bits per heavy atom. The van der Waals surface area contributed by atoms with E-state index in [0.29, 0.717) is 18.1 Å². The summed E-state index contributed by atoms with van der Waals surface area (Å²) in [6.45, 7) is 7.19. The number of thioether (sulfide) groups is 1. The van der Waals surface area contributed by atoms with Crippen LogP contribution in [0, 0.1) is 6.92 Å². The first-order valence-electron chi connectivity index (χ1n) is 14.8. The summed E-state index contributed by atoms with van der Waals surface area (Å²) < 4.78 is 13.1. The van der Waals surface area contributed by atoms with Crippen LogP contribution < -0.4 is 9.47 Å². The highest BCUT2D eigenvalue weighted by atomic mass is 32.2. The minimum atomic E-state index is 0.219. The monoisotopic (exact) mass is 594 g/mol. The van der Waals surface area contributed by atoms with Gasteiger partial charge in [0.05, 0.1) is 5.52 Å². The standard InChI is InChI=1S/C33H34N6O3S/c1-23-8-10-24(11-9-23)21-39-27-6-3-2-5-26(27)31-32(39)34-33(36-35-31)43-18-4-7-30(40)38-16-14-37(15-17-38)20-25-12-13-28-29(19-25)42-22-41-28/h2-3,5-6,8-13,19H,4,7,14-18,20-22H2,1H3. The van der Waals surface area contributed by atoms with E-state index in [1.165, 1.54) is 16.7 Å². The molecule has 0 saturated carbocycles. The van der Waals surface area contributed by atoms with Crippen molar-refractivity contribution in [2.24, 2.45) is 0 Å². The van der Waals surface area contributed by atoms with Crippen molar-refractivity contribution in [3.63, 3.8) is 0 Å². The van der Waals surface area contributed by atoms with Crippen molar-refractivity contribution in [3.05, 3.63) is 83.4 Å². The third-order valence-electron chi connectivity index (χ3n) is 8.15. The Morgan fingerprint density at radius 2 is 1.67 bits per heavy atom. The molecule has 0 N–H and O–H groups in total. The number of fused-ring (bicyclic) bond motifs is 4. The van der Waals surface area contributed by atoms with Crippen LogP contribution >= 0.6 is 11.8 Å². The third-order valence-corrected chi connectivity index (χ3v) is 9.07. The van der Waals surface area contributed by atoms with Crippen LogP contribution in [0.4, 0.5) is 0 Å². The lowest BCUT2D eigenvalue weighted by Gasteiger charge is -2.34. The van der Waals surface area contributed by atoms with Crippen LogP contribution in [-0.4, -0.2) is 74.2 Å². The number of aryl methyl sites for hydroxylation is 1. The molecule has 1 saturated heterocycles. The molecular weight excluding hydrogens is 560 g/mol. The lowest BCUT2D eigenvalue weighted by Crippen LogP contribution is -2.48. The smallest absolute Gasteiger partial charge is 0.231 e. The molecule has 0 atom stereocenters. The van der Waals surface area contributed by atoms with E-state index in [2.05, 4.69) is 75.1 Å². The van der Waals surface area contributed by atoms with Crippen molar-refractivity contribution in [1.29, 1.82) is 0 Å². The van der Waals surface area contributed by atoms with Crippen LogP contribution in [0.3, 0.4) is 0 Å². The second-order valence-electron chi connectivity index (χ2n) is 11.2. The van der Waals surface area contributed by atoms with Gasteiger partial charge in [0, 0.05) is 56.8 Å². The van der Waals surface area contributed by atoms with Gasteiger partial charge < -0.3 is 18.9 Å². The van der Waals surface area contributed by atoms with Crippen molar-refractivity contribution in [2.45, 2.75) is 38.0 Å². The van der Waals surface area contributed by atoms with E-state index in [1.807, 2.05) is 23.1 Å². The first kappa shape index (κ1) is 27.7. The minimum Gasteiger partial charge on any atom is -0.454 e. The summed E-state index contributed by atoms with van der Waals surface area (Å²) in [5, 5.41) is 10.7. The number of carbonyl (C=O) groups excluding carboxylic acids is 1. The summed E-state index contributed by atoms with van der Waals surface area (Å²) >= 11 is 1.56. The molecule has 10 heteroatoms. The molecule has 7 rings (SSSR count). The Kier molecular flexibility index (Phi) is 7.86. The maximum absolute atomic E-state index is 12.9. The van der Waals surface area contributed by atoms with E-state index in [-0.39, 0.29) is 12.7 Å². The first-order valence-corrected chi connectivity index (χ1v) is 15.8. The zero-order valence-corrected chi connectivity index (χ0v) is 25.1. The number of rotatable bonds is 9. The molecule has 2 aliphatic rings. The fraction of sp³-hybridized carbons (Fsp3) is 0.333. The number of amides is 1. The quantitative estimate of drug-likeness (QED) is 0.168. The maximum Gasteiger partial charge on any atom is 0.231 e. The van der Waals surface area contributed by atoms with Gasteiger partial charge in [0.15, 0.2) is 17.1 Å². The van der Waals surface area contributed by atoms with Gasteiger partial charge in [-0.05, 0) is 42.7 Å². The van der Waals surface area contributed by atoms with Gasteiger partial charge in [-0.3, -0.25) is 9.69 Å². The number of aromatic nitrogens is 4. The van der Waals surface area contributed by atoms with Crippen LogP contribution in [0.2, 0.25) is 0 Å². The number of ether oxygens (including phenoxy) is 2. The van der Waals surface area contributed by atoms with Crippen LogP contribution in [0.15, 0.2) is 71.9 Å². The van der Waals surface area contributed by atoms with Gasteiger partial charge >= 0.3 is 0 Å². The zero-order valence-electron chi connectivity index (χ0n) is 24.2. The molecule has 2 aromatic heterocycles. The van der Waals surface area contributed by atoms with Gasteiger partial charge in [0.25, 0.3) is 0 Å². The normalized spacial score (nSPS) is 15.0. The first-order chi connectivity index (χ1) is 21.1. The number of benzene rings is 3. The van der Waals surface area contributed by atoms with E-state index < -0.39 is 0 Å². The van der Waals surface area contributed by atoms with Crippen molar-refractivity contribution < 1.29 is 14.3 Å². The number of piperazine rings is 1. The Bertz CT molecular complexity index is 1760. The van der Waals surface area contributed by atoms with Gasteiger partial charge in [-0.25, -0.2) is 4.98 Å². The Labute approximate surface area is 254 Å². The Morgan fingerprint density at radius 3 is 2.53 bits per heavy atom. The molecule has 220 valence electrons. The molecule has 0 aliphatic carbocycles. The van der Waals surface area contributed by atoms with E-state index in [9.17, 15) is 4.79 Å². The van der Waals surface area contributed by atoms with Gasteiger partial charge in [0.1, 0.15) is 5.52 Å². The lowest BCUT2D eigenvalue weighted by molar-refractivity contribution is -0.133. The predicted octanol–water partition coefficient (Wildman–Crippen LogP) is 5.28. The summed E-state index contributed by atoms with van der Waals surface area (Å²) in [5.74, 6) is 2.61. The average Bonchev–Trinajstić information content (AvgIpc) is 3.63. The van der Waals surface area contributed by atoms with E-state index in [0.717, 1.165) is 78.5 Å². The molecule has 2 aliphatic heterocycles. The van der Waals surface area contributed by atoms with Gasteiger partial charge in [0.2, 0.25) is 17.9 Å². The number of hydrogen-bond acceptors (Lipinski definition) is 8. The molecular formula is C33H34N6O3S. The molecule has 0 spiro atoms. The molecule has 0 radical (unpaired) electrons. The maximum atomic E-state index is 12.9. The zero-order chi connectivity index (χ0) is 29.2. The molecule has 3 aromatic carbocycles. The van der Waals surface area contributed by atoms with Gasteiger partial charge in [-0.15, -0.1) is 10.2 Å². The summed E-state index contributed by atoms with van der Waals surface area (Å²) in [6.07, 6.45) is 1.30. The largest absolute Gasteiger partial charge is 0.454 e. The highest BCUT2D eigenvalue weighted by Gasteiger charge is 2.22. The van der Waals surface area contributed by atoms with Crippen LogP contribution in [0.25, 0.3) is 22.1 Å². The summed E-state index contributed by atoms with van der Waals surface area (Å²) in [5.41, 5.74) is 6.42. The van der Waals surface area contributed by atoms with Gasteiger partial charge in [-0.1, -0.05) is 65.9 Å². The van der Waals surface area contributed by atoms with Crippen LogP contribution in [0.1, 0.15) is 29.5 Å². The SMILES string of the molecule is Cc1ccc(Cn2c3ccccc3c3nnc(SCCCC(=O)N4CCN(Cc5ccc6c(c5)OCO6)CC4)nc32)cc1. The molecule has 5 aromatic rings. The molecule has 43 heavy (non-hydrogen) atoms. The molecule has 4 heterocycles. The molecule has 1 fully saturated rings. The van der Waals surface area contributed by atoms with Crippen molar-refractivity contribution in [3.8, 4) is 11.5 Å². The van der Waals surface area contributed by atoms with Crippen LogP contribution in [-0.2, 0) is 17.9 Å². The highest BCUT2D eigenvalue weighted by Crippen LogP contribution is 2.33. The number of para-hydroxylation sites is 1. The molecule has 0 bridgehead atoms. The van der Waals surface area contributed by atoms with E-state index in [1.54, 1.807) is 11.8 Å². The summed E-state index contributed by atoms with van der Waals surface area (Å²) in [6, 6.07) is 23.0. The Balaban J connectivity index is 0.926. The molecule has 1 amide bonds. The van der Waals surface area contributed by atoms with Crippen molar-refractivity contribution in [1.82, 2.24) is 29.5 Å². The fourth-order valence-electron chi connectivity index (χ4n) is 5.78. The second kappa shape index (κ2) is 12.2. The van der Waals surface area contributed by atoms with E-state index in [4.69, 9.17) is 14.5 Å². The van der Waals surface area contributed by atoms with Crippen LogP contribution in [0.5, 0.6) is 11.5 Å². The Hall–Kier alpha value is -4.15. The highest BCUT2D eigenvalue weighted by molar-refractivity contribution is 7.99. The topological polar surface area (TPSA) is 85.6 Å². The van der Waals surface area contributed by atoms with Gasteiger partial charge in [-0.2, -0.15) is 0 Å². The van der Waals surface area contributed by atoms with Crippen molar-refractivity contribution in [2.75, 3.05) is 38.7 Å². The second-order valence-corrected chi connectivity index (χ2v) is 12.2. The number of carbonyl (C=O) groups is 1. The molecule has 9 nitrogen and oxygen atoms in total. The third kappa shape index (κ3) is 6.03. The van der Waals surface area contributed by atoms with E-state index >= 15 is 0 Å². The minimum absolute atomic E-state index is 0.219. The fourth-order valence-corrected chi connectivity index (χ4v) is 6.51.